The van der Waals surface area contributed by atoms with Crippen LogP contribution in [0, 0.1) is 24.7 Å². The van der Waals surface area contributed by atoms with Gasteiger partial charge >= 0.3 is 0 Å². The lowest BCUT2D eigenvalue weighted by Gasteiger charge is -2.31. The molecule has 2 saturated carbocycles. The van der Waals surface area contributed by atoms with Gasteiger partial charge in [-0.2, -0.15) is 0 Å². The van der Waals surface area contributed by atoms with Crippen molar-refractivity contribution in [3.63, 3.8) is 0 Å². The van der Waals surface area contributed by atoms with E-state index < -0.39 is 0 Å². The van der Waals surface area contributed by atoms with E-state index in [1.54, 1.807) is 0 Å². The molecule has 0 aromatic heterocycles. The molecule has 0 heterocycles. The predicted octanol–water partition coefficient (Wildman–Crippen LogP) is 4.86. The number of hydrogen-bond donors (Lipinski definition) is 1. The third-order valence-electron chi connectivity index (χ3n) is 5.42. The highest BCUT2D eigenvalue weighted by Crippen LogP contribution is 2.41. The van der Waals surface area contributed by atoms with E-state index in [2.05, 4.69) is 43.4 Å². The minimum absolute atomic E-state index is 0.602. The molecule has 0 bridgehead atoms. The van der Waals surface area contributed by atoms with Gasteiger partial charge in [-0.05, 0) is 56.0 Å². The summed E-state index contributed by atoms with van der Waals surface area (Å²) in [6, 6.07) is 9.78. The SMILES string of the molecule is Cc1ccc(C(NCC2CCCCC2C)C2CC2)cc1. The summed E-state index contributed by atoms with van der Waals surface area (Å²) < 4.78 is 0. The smallest absolute Gasteiger partial charge is 0.0348 e. The van der Waals surface area contributed by atoms with Gasteiger partial charge in [0.1, 0.15) is 0 Å². The van der Waals surface area contributed by atoms with Crippen molar-refractivity contribution < 1.29 is 0 Å². The minimum atomic E-state index is 0.602. The van der Waals surface area contributed by atoms with Gasteiger partial charge in [0.25, 0.3) is 0 Å². The van der Waals surface area contributed by atoms with Crippen molar-refractivity contribution in [1.82, 2.24) is 5.32 Å². The van der Waals surface area contributed by atoms with E-state index in [-0.39, 0.29) is 0 Å². The maximum absolute atomic E-state index is 3.92. The molecule has 0 radical (unpaired) electrons. The van der Waals surface area contributed by atoms with Crippen molar-refractivity contribution in [3.05, 3.63) is 35.4 Å². The van der Waals surface area contributed by atoms with Crippen molar-refractivity contribution in [2.45, 2.75) is 58.4 Å². The quantitative estimate of drug-likeness (QED) is 0.806. The lowest BCUT2D eigenvalue weighted by molar-refractivity contribution is 0.237. The lowest BCUT2D eigenvalue weighted by atomic mass is 9.80. The zero-order valence-electron chi connectivity index (χ0n) is 13.1. The number of aryl methyl sites for hydroxylation is 1. The van der Waals surface area contributed by atoms with E-state index in [0.717, 1.165) is 17.8 Å². The van der Waals surface area contributed by atoms with Crippen molar-refractivity contribution in [2.75, 3.05) is 6.54 Å². The minimum Gasteiger partial charge on any atom is -0.309 e. The first kappa shape index (κ1) is 14.1. The number of hydrogen-bond acceptors (Lipinski definition) is 1. The summed E-state index contributed by atoms with van der Waals surface area (Å²) in [5.74, 6) is 2.70. The van der Waals surface area contributed by atoms with Crippen LogP contribution in [0.4, 0.5) is 0 Å². The molecule has 2 fully saturated rings. The molecule has 2 aliphatic carbocycles. The molecule has 3 atom stereocenters. The van der Waals surface area contributed by atoms with Crippen molar-refractivity contribution in [3.8, 4) is 0 Å². The predicted molar refractivity (Wildman–Crippen MR) is 85.8 cm³/mol. The van der Waals surface area contributed by atoms with Crippen LogP contribution in [0.2, 0.25) is 0 Å². The van der Waals surface area contributed by atoms with Gasteiger partial charge in [0.05, 0.1) is 0 Å². The molecule has 0 saturated heterocycles. The normalized spacial score (nSPS) is 28.3. The van der Waals surface area contributed by atoms with E-state index in [0.29, 0.717) is 6.04 Å². The van der Waals surface area contributed by atoms with Gasteiger partial charge in [-0.15, -0.1) is 0 Å². The lowest BCUT2D eigenvalue weighted by Crippen LogP contribution is -2.32. The summed E-state index contributed by atoms with van der Waals surface area (Å²) in [6.45, 7) is 5.84. The Bertz CT molecular complexity index is 418. The summed E-state index contributed by atoms with van der Waals surface area (Å²) in [6.07, 6.45) is 8.57. The van der Waals surface area contributed by atoms with E-state index in [9.17, 15) is 0 Å². The summed E-state index contributed by atoms with van der Waals surface area (Å²) in [4.78, 5) is 0. The van der Waals surface area contributed by atoms with Crippen LogP contribution in [0.5, 0.6) is 0 Å². The van der Waals surface area contributed by atoms with E-state index >= 15 is 0 Å². The fraction of sp³-hybridized carbons (Fsp3) is 0.684. The summed E-state index contributed by atoms with van der Waals surface area (Å²) in [5.41, 5.74) is 2.87. The third-order valence-corrected chi connectivity index (χ3v) is 5.42. The largest absolute Gasteiger partial charge is 0.309 e. The summed E-state index contributed by atoms with van der Waals surface area (Å²) in [5, 5.41) is 3.92. The van der Waals surface area contributed by atoms with Crippen LogP contribution in [0.15, 0.2) is 24.3 Å². The number of rotatable bonds is 5. The second-order valence-electron chi connectivity index (χ2n) is 7.16. The third kappa shape index (κ3) is 3.44. The Morgan fingerprint density at radius 1 is 1.05 bits per heavy atom. The zero-order valence-corrected chi connectivity index (χ0v) is 13.1. The van der Waals surface area contributed by atoms with E-state index in [1.165, 1.54) is 56.2 Å². The Labute approximate surface area is 124 Å². The average Bonchev–Trinajstić information content (AvgIpc) is 3.27. The highest BCUT2D eigenvalue weighted by atomic mass is 14.9. The van der Waals surface area contributed by atoms with Crippen LogP contribution in [0.25, 0.3) is 0 Å². The van der Waals surface area contributed by atoms with Crippen LogP contribution in [-0.2, 0) is 0 Å². The molecule has 1 N–H and O–H groups in total. The standard InChI is InChI=1S/C19H29N/c1-14-7-9-16(10-8-14)19(17-11-12-17)20-13-18-6-4-3-5-15(18)2/h7-10,15,17-20H,3-6,11-13H2,1-2H3. The average molecular weight is 271 g/mol. The Morgan fingerprint density at radius 3 is 2.40 bits per heavy atom. The molecule has 0 aliphatic heterocycles. The molecule has 1 aromatic carbocycles. The Kier molecular flexibility index (Phi) is 4.45. The van der Waals surface area contributed by atoms with Gasteiger partial charge in [-0.25, -0.2) is 0 Å². The van der Waals surface area contributed by atoms with Crippen LogP contribution >= 0.6 is 0 Å². The molecule has 1 aromatic rings. The topological polar surface area (TPSA) is 12.0 Å². The van der Waals surface area contributed by atoms with Crippen LogP contribution in [-0.4, -0.2) is 6.54 Å². The van der Waals surface area contributed by atoms with E-state index in [4.69, 9.17) is 0 Å². The first-order chi connectivity index (χ1) is 9.74. The summed E-state index contributed by atoms with van der Waals surface area (Å²) in [7, 11) is 0. The van der Waals surface area contributed by atoms with Gasteiger partial charge in [-0.3, -0.25) is 0 Å². The molecule has 0 spiro atoms. The fourth-order valence-corrected chi connectivity index (χ4v) is 3.73. The van der Waals surface area contributed by atoms with Gasteiger partial charge in [0.15, 0.2) is 0 Å². The highest BCUT2D eigenvalue weighted by molar-refractivity contribution is 5.25. The van der Waals surface area contributed by atoms with Gasteiger partial charge in [-0.1, -0.05) is 56.0 Å². The second kappa shape index (κ2) is 6.30. The summed E-state index contributed by atoms with van der Waals surface area (Å²) >= 11 is 0. The molecule has 1 nitrogen and oxygen atoms in total. The molecule has 110 valence electrons. The fourth-order valence-electron chi connectivity index (χ4n) is 3.73. The Balaban J connectivity index is 1.61. The maximum atomic E-state index is 3.92. The molecule has 20 heavy (non-hydrogen) atoms. The Morgan fingerprint density at radius 2 is 1.75 bits per heavy atom. The molecule has 3 unspecified atom stereocenters. The first-order valence-corrected chi connectivity index (χ1v) is 8.54. The molecular weight excluding hydrogens is 242 g/mol. The second-order valence-corrected chi connectivity index (χ2v) is 7.16. The first-order valence-electron chi connectivity index (χ1n) is 8.54. The molecule has 2 aliphatic rings. The molecule has 3 rings (SSSR count). The van der Waals surface area contributed by atoms with Crippen molar-refractivity contribution >= 4 is 0 Å². The number of nitrogens with one attached hydrogen (secondary N) is 1. The maximum Gasteiger partial charge on any atom is 0.0348 e. The van der Waals surface area contributed by atoms with Crippen LogP contribution < -0.4 is 5.32 Å². The Hall–Kier alpha value is -0.820. The molecule has 1 heteroatoms. The van der Waals surface area contributed by atoms with Crippen molar-refractivity contribution in [1.29, 1.82) is 0 Å². The molecule has 0 amide bonds. The van der Waals surface area contributed by atoms with Crippen LogP contribution in [0.1, 0.15) is 62.6 Å². The van der Waals surface area contributed by atoms with Gasteiger partial charge in [0, 0.05) is 6.04 Å². The van der Waals surface area contributed by atoms with Crippen molar-refractivity contribution in [2.24, 2.45) is 17.8 Å². The van der Waals surface area contributed by atoms with Gasteiger partial charge in [0.2, 0.25) is 0 Å². The van der Waals surface area contributed by atoms with E-state index in [1.807, 2.05) is 0 Å². The molecular formula is C19H29N. The van der Waals surface area contributed by atoms with Gasteiger partial charge < -0.3 is 5.32 Å². The number of benzene rings is 1. The van der Waals surface area contributed by atoms with Crippen LogP contribution in [0.3, 0.4) is 0 Å². The highest BCUT2D eigenvalue weighted by Gasteiger charge is 2.33. The zero-order chi connectivity index (χ0) is 13.9. The monoisotopic (exact) mass is 271 g/mol.